The summed E-state index contributed by atoms with van der Waals surface area (Å²) in [6, 6.07) is 8.99. The molecule has 38 heavy (non-hydrogen) atoms. The number of allylic oxidation sites excluding steroid dienone is 4. The minimum absolute atomic E-state index is 0.00259. The topological polar surface area (TPSA) is 109 Å². The van der Waals surface area contributed by atoms with E-state index in [4.69, 9.17) is 18.9 Å². The molecule has 1 N–H and O–H groups in total. The van der Waals surface area contributed by atoms with Gasteiger partial charge in [0.05, 0.1) is 25.3 Å². The number of benzene rings is 2. The number of ketones is 2. The molecule has 9 nitrogen and oxygen atoms in total. The van der Waals surface area contributed by atoms with Crippen LogP contribution in [0.2, 0.25) is 0 Å². The van der Waals surface area contributed by atoms with Crippen molar-refractivity contribution in [3.05, 3.63) is 60.5 Å². The van der Waals surface area contributed by atoms with Crippen LogP contribution in [-0.4, -0.2) is 55.1 Å². The zero-order chi connectivity index (χ0) is 27.1. The highest BCUT2D eigenvalue weighted by atomic mass is 16.5. The number of hydrogen-bond acceptors (Lipinski definition) is 9. The van der Waals surface area contributed by atoms with Crippen LogP contribution in [0.25, 0.3) is 16.5 Å². The molecular formula is C29H31N3O6. The van der Waals surface area contributed by atoms with Crippen LogP contribution < -0.4 is 19.5 Å². The van der Waals surface area contributed by atoms with Gasteiger partial charge in [-0.25, -0.2) is 9.97 Å². The van der Waals surface area contributed by atoms with Crippen molar-refractivity contribution in [1.82, 2.24) is 9.97 Å². The molecule has 0 saturated carbocycles. The second-order valence-corrected chi connectivity index (χ2v) is 8.79. The lowest BCUT2D eigenvalue weighted by molar-refractivity contribution is -0.113. The Morgan fingerprint density at radius 1 is 1.00 bits per heavy atom. The SMILES string of the molecule is CCCC(C)Oc1ccc(Nc2ncnc3cc(OCCOC)c(OC)cc23)c(C2=CC(=O)C=CC2=O)c1. The Kier molecular flexibility index (Phi) is 8.70. The lowest BCUT2D eigenvalue weighted by atomic mass is 9.94. The Morgan fingerprint density at radius 2 is 1.84 bits per heavy atom. The summed E-state index contributed by atoms with van der Waals surface area (Å²) >= 11 is 0. The van der Waals surface area contributed by atoms with Gasteiger partial charge in [0.15, 0.2) is 23.1 Å². The smallest absolute Gasteiger partial charge is 0.186 e. The van der Waals surface area contributed by atoms with Crippen LogP contribution in [0.3, 0.4) is 0 Å². The van der Waals surface area contributed by atoms with Crippen LogP contribution >= 0.6 is 0 Å². The molecular weight excluding hydrogens is 486 g/mol. The van der Waals surface area contributed by atoms with Gasteiger partial charge in [-0.05, 0) is 55.8 Å². The van der Waals surface area contributed by atoms with Gasteiger partial charge in [0, 0.05) is 35.4 Å². The van der Waals surface area contributed by atoms with Crippen LogP contribution in [0, 0.1) is 0 Å². The summed E-state index contributed by atoms with van der Waals surface area (Å²) in [5.41, 5.74) is 2.03. The van der Waals surface area contributed by atoms with Gasteiger partial charge in [-0.15, -0.1) is 0 Å². The van der Waals surface area contributed by atoms with E-state index in [-0.39, 0.29) is 23.2 Å². The maximum Gasteiger partial charge on any atom is 0.186 e. The Balaban J connectivity index is 1.75. The van der Waals surface area contributed by atoms with Gasteiger partial charge in [0.1, 0.15) is 24.5 Å². The van der Waals surface area contributed by atoms with Gasteiger partial charge in [0.25, 0.3) is 0 Å². The molecule has 3 aromatic rings. The molecule has 0 spiro atoms. The first-order chi connectivity index (χ1) is 18.4. The fourth-order valence-corrected chi connectivity index (χ4v) is 4.14. The number of aromatic nitrogens is 2. The fraction of sp³-hybridized carbons (Fsp3) is 0.310. The number of rotatable bonds is 12. The van der Waals surface area contributed by atoms with Gasteiger partial charge in [-0.3, -0.25) is 9.59 Å². The molecule has 0 saturated heterocycles. The van der Waals surface area contributed by atoms with Crippen LogP contribution in [0.1, 0.15) is 32.3 Å². The third-order valence-electron chi connectivity index (χ3n) is 5.98. The van der Waals surface area contributed by atoms with Crippen molar-refractivity contribution in [1.29, 1.82) is 0 Å². The highest BCUT2D eigenvalue weighted by Crippen LogP contribution is 2.37. The first-order valence-corrected chi connectivity index (χ1v) is 12.4. The zero-order valence-corrected chi connectivity index (χ0v) is 21.9. The molecule has 0 bridgehead atoms. The summed E-state index contributed by atoms with van der Waals surface area (Å²) in [6.45, 7) is 4.89. The largest absolute Gasteiger partial charge is 0.493 e. The highest BCUT2D eigenvalue weighted by Gasteiger charge is 2.21. The van der Waals surface area contributed by atoms with Crippen molar-refractivity contribution in [3.8, 4) is 17.2 Å². The van der Waals surface area contributed by atoms with Gasteiger partial charge < -0.3 is 24.3 Å². The number of carbonyl (C=O) groups is 2. The van der Waals surface area contributed by atoms with E-state index < -0.39 is 0 Å². The predicted octanol–water partition coefficient (Wildman–Crippen LogP) is 5.07. The second-order valence-electron chi connectivity index (χ2n) is 8.79. The molecule has 0 fully saturated rings. The van der Waals surface area contributed by atoms with E-state index >= 15 is 0 Å². The van der Waals surface area contributed by atoms with Gasteiger partial charge in [-0.2, -0.15) is 0 Å². The molecule has 1 aromatic heterocycles. The quantitative estimate of drug-likeness (QED) is 0.260. The summed E-state index contributed by atoms with van der Waals surface area (Å²) in [6.07, 6.45) is 7.21. The molecule has 4 rings (SSSR count). The normalized spacial score (nSPS) is 13.8. The minimum Gasteiger partial charge on any atom is -0.493 e. The first kappa shape index (κ1) is 26.8. The number of hydrogen-bond donors (Lipinski definition) is 1. The van der Waals surface area contributed by atoms with Gasteiger partial charge in [-0.1, -0.05) is 13.3 Å². The molecule has 1 aliphatic rings. The van der Waals surface area contributed by atoms with Gasteiger partial charge in [0.2, 0.25) is 0 Å². The molecule has 1 unspecified atom stereocenters. The average molecular weight is 518 g/mol. The second kappa shape index (κ2) is 12.3. The molecule has 198 valence electrons. The standard InChI is InChI=1S/C29H31N3O6/c1-5-6-18(2)38-20-8-9-24(21(14-20)22-13-19(33)7-10-26(22)34)32-29-23-15-27(36-4)28(37-12-11-35-3)16-25(23)30-17-31-29/h7-10,13-18H,5-6,11-12H2,1-4H3,(H,30,31,32). The predicted molar refractivity (Wildman–Crippen MR) is 145 cm³/mol. The van der Waals surface area contributed by atoms with Gasteiger partial charge >= 0.3 is 0 Å². The Labute approximate surface area is 221 Å². The van der Waals surface area contributed by atoms with Crippen LogP contribution in [0.5, 0.6) is 17.2 Å². The molecule has 1 atom stereocenters. The van der Waals surface area contributed by atoms with Crippen molar-refractivity contribution in [3.63, 3.8) is 0 Å². The van der Waals surface area contributed by atoms with Crippen molar-refractivity contribution >= 4 is 39.5 Å². The van der Waals surface area contributed by atoms with E-state index in [0.29, 0.717) is 58.4 Å². The zero-order valence-electron chi connectivity index (χ0n) is 21.9. The molecule has 0 aliphatic heterocycles. The van der Waals surface area contributed by atoms with E-state index in [2.05, 4.69) is 22.2 Å². The van der Waals surface area contributed by atoms with Crippen molar-refractivity contribution in [2.75, 3.05) is 32.8 Å². The first-order valence-electron chi connectivity index (χ1n) is 12.4. The van der Waals surface area contributed by atoms with Crippen molar-refractivity contribution < 1.29 is 28.5 Å². The number of ether oxygens (including phenoxy) is 4. The lowest BCUT2D eigenvalue weighted by Crippen LogP contribution is -2.12. The number of carbonyl (C=O) groups excluding carboxylic acids is 2. The number of nitrogens with one attached hydrogen (secondary N) is 1. The van der Waals surface area contributed by atoms with Crippen molar-refractivity contribution in [2.45, 2.75) is 32.8 Å². The van der Waals surface area contributed by atoms with Crippen LogP contribution in [-0.2, 0) is 14.3 Å². The summed E-state index contributed by atoms with van der Waals surface area (Å²) in [5, 5.41) is 4.01. The van der Waals surface area contributed by atoms with E-state index in [0.717, 1.165) is 12.8 Å². The van der Waals surface area contributed by atoms with Crippen LogP contribution in [0.15, 0.2) is 54.9 Å². The molecule has 0 radical (unpaired) electrons. The molecule has 9 heteroatoms. The molecule has 1 heterocycles. The third-order valence-corrected chi connectivity index (χ3v) is 5.98. The molecule has 2 aromatic carbocycles. The Bertz CT molecular complexity index is 1400. The average Bonchev–Trinajstić information content (AvgIpc) is 2.91. The van der Waals surface area contributed by atoms with Crippen molar-refractivity contribution in [2.24, 2.45) is 0 Å². The molecule has 1 aliphatic carbocycles. The summed E-state index contributed by atoms with van der Waals surface area (Å²) in [4.78, 5) is 33.8. The fourth-order valence-electron chi connectivity index (χ4n) is 4.14. The van der Waals surface area contributed by atoms with E-state index in [1.807, 2.05) is 19.1 Å². The number of anilines is 2. The van der Waals surface area contributed by atoms with Crippen LogP contribution in [0.4, 0.5) is 11.5 Å². The minimum atomic E-state index is -0.265. The summed E-state index contributed by atoms with van der Waals surface area (Å²) in [5.74, 6) is 1.63. The number of nitrogens with zero attached hydrogens (tertiary/aromatic N) is 2. The highest BCUT2D eigenvalue weighted by molar-refractivity contribution is 6.34. The Hall–Kier alpha value is -4.24. The number of methoxy groups -OCH3 is 2. The van der Waals surface area contributed by atoms with E-state index in [9.17, 15) is 9.59 Å². The maximum absolute atomic E-state index is 12.8. The molecule has 0 amide bonds. The summed E-state index contributed by atoms with van der Waals surface area (Å²) in [7, 11) is 3.16. The van der Waals surface area contributed by atoms with E-state index in [1.54, 1.807) is 32.4 Å². The Morgan fingerprint density at radius 3 is 2.61 bits per heavy atom. The number of fused-ring (bicyclic) bond motifs is 1. The third kappa shape index (κ3) is 6.18. The summed E-state index contributed by atoms with van der Waals surface area (Å²) < 4.78 is 22.5. The monoisotopic (exact) mass is 517 g/mol. The lowest BCUT2D eigenvalue weighted by Gasteiger charge is -2.19. The maximum atomic E-state index is 12.8. The van der Waals surface area contributed by atoms with E-state index in [1.165, 1.54) is 24.6 Å².